The molecule has 10 heteroatoms. The van der Waals surface area contributed by atoms with E-state index in [0.717, 1.165) is 26.9 Å². The van der Waals surface area contributed by atoms with Crippen LogP contribution in [0.4, 0.5) is 23.2 Å². The minimum absolute atomic E-state index is 0. The first-order chi connectivity index (χ1) is 33.2. The fraction of sp³-hybridized carbons (Fsp3) is 0.361. The summed E-state index contributed by atoms with van der Waals surface area (Å²) in [6.07, 6.45) is 12.5. The van der Waals surface area contributed by atoms with Crippen LogP contribution in [0.3, 0.4) is 0 Å². The third-order valence-electron chi connectivity index (χ3n) is 11.3. The molecular weight excluding hydrogens is 1070 g/mol. The summed E-state index contributed by atoms with van der Waals surface area (Å²) in [5.41, 5.74) is 12.2. The number of hydrogen-bond acceptors (Lipinski definition) is 2. The first-order valence-electron chi connectivity index (χ1n) is 24.5. The predicted molar refractivity (Wildman–Crippen MR) is 298 cm³/mol. The van der Waals surface area contributed by atoms with Crippen LogP contribution in [0.2, 0.25) is 0 Å². The largest absolute Gasteiger partial charge is 0.706 e. The van der Waals surface area contributed by atoms with E-state index in [2.05, 4.69) is 42.8 Å². The maximum Gasteiger partial charge on any atom is 0.334 e. The first kappa shape index (κ1) is 66.8. The van der Waals surface area contributed by atoms with E-state index in [4.69, 9.17) is 5.73 Å². The number of ketones is 2. The van der Waals surface area contributed by atoms with Gasteiger partial charge in [-0.3, -0.25) is 9.59 Å². The fourth-order valence-electron chi connectivity index (χ4n) is 8.36. The summed E-state index contributed by atoms with van der Waals surface area (Å²) >= 11 is 3.31. The van der Waals surface area contributed by atoms with Crippen molar-refractivity contribution in [3.63, 3.8) is 0 Å². The Balaban J connectivity index is 0.000000861. The molecule has 0 spiro atoms. The molecule has 0 atom stereocenters. The Morgan fingerprint density at radius 1 is 0.592 bits per heavy atom. The van der Waals surface area contributed by atoms with E-state index in [1.54, 1.807) is 74.2 Å². The smallest absolute Gasteiger partial charge is 0.334 e. The van der Waals surface area contributed by atoms with Crippen molar-refractivity contribution in [2.45, 2.75) is 141 Å². The average molecular weight is 1150 g/mol. The molecule has 71 heavy (non-hydrogen) atoms. The molecule has 2 fully saturated rings. The third kappa shape index (κ3) is 24.4. The summed E-state index contributed by atoms with van der Waals surface area (Å²) in [6, 6.07) is 50.5. The minimum Gasteiger partial charge on any atom is -0.706 e. The van der Waals surface area contributed by atoms with Gasteiger partial charge in [0.05, 0.1) is 16.5 Å². The minimum atomic E-state index is -3.48. The molecule has 3 nitrogen and oxygen atoms in total. The zero-order valence-corrected chi connectivity index (χ0v) is 47.1. The molecule has 0 aliphatic heterocycles. The van der Waals surface area contributed by atoms with Crippen molar-refractivity contribution in [1.82, 2.24) is 0 Å². The molecule has 0 heterocycles. The number of alkyl halides is 4. The normalized spacial score (nSPS) is 13.2. The van der Waals surface area contributed by atoms with Gasteiger partial charge in [0.1, 0.15) is 0 Å². The van der Waals surface area contributed by atoms with Gasteiger partial charge in [-0.2, -0.15) is 14.5 Å². The van der Waals surface area contributed by atoms with Crippen LogP contribution in [-0.4, -0.2) is 34.5 Å². The van der Waals surface area contributed by atoms with Crippen LogP contribution in [0.5, 0.6) is 0 Å². The molecule has 6 aromatic rings. The van der Waals surface area contributed by atoms with Crippen LogP contribution < -0.4 is 0 Å². The van der Waals surface area contributed by atoms with Gasteiger partial charge in [0.25, 0.3) is 0 Å². The van der Waals surface area contributed by atoms with Crippen LogP contribution in [-0.2, 0) is 26.3 Å². The number of hydrogen-bond donors (Lipinski definition) is 0. The molecule has 1 N–H and O–H groups in total. The number of nitrogens with one attached hydrogen (secondary N) is 1. The number of halogens is 5. The van der Waals surface area contributed by atoms with Gasteiger partial charge < -0.3 is 13.2 Å². The second kappa shape index (κ2) is 37.5. The summed E-state index contributed by atoms with van der Waals surface area (Å²) in [4.78, 5) is 22.3. The number of benzene rings is 6. The molecule has 2 aliphatic carbocycles. The third-order valence-corrected chi connectivity index (χ3v) is 16.5. The van der Waals surface area contributed by atoms with Crippen LogP contribution in [0.25, 0.3) is 16.9 Å². The molecule has 8 rings (SSSR count). The van der Waals surface area contributed by atoms with E-state index in [9.17, 15) is 27.2 Å². The van der Waals surface area contributed by atoms with Gasteiger partial charge in [-0.25, -0.2) is 8.78 Å². The Morgan fingerprint density at radius 3 is 1.37 bits per heavy atom. The summed E-state index contributed by atoms with van der Waals surface area (Å²) in [5.74, 6) is -5.78. The molecule has 2 saturated carbocycles. The van der Waals surface area contributed by atoms with Gasteiger partial charge in [0.2, 0.25) is 11.6 Å². The fourth-order valence-corrected chi connectivity index (χ4v) is 13.8. The second-order valence-corrected chi connectivity index (χ2v) is 22.1. The number of Topliss-reactive ketones (excluding diaryl/α,β-unsaturated/α-hetero) is 2. The maximum atomic E-state index is 13.9. The number of carbonyl (C=O) groups excluding carboxylic acids is 2. The molecular formula is C61H77BrF4NO2PPd-2. The van der Waals surface area contributed by atoms with Gasteiger partial charge >= 0.3 is 12.3 Å². The van der Waals surface area contributed by atoms with E-state index < -0.39 is 23.9 Å². The summed E-state index contributed by atoms with van der Waals surface area (Å²) in [5, 5.41) is 0.634. The van der Waals surface area contributed by atoms with Crippen molar-refractivity contribution in [2.75, 3.05) is 0 Å². The molecule has 390 valence electrons. The SMILES string of the molecule is Brc1ccccc1.CC.CC.CC(C)(C)[PH+](C1CCCCC1)C1CCCCC1.O=C(c1ccccc1)C(F)(F)c1ccccc1.O=C(c1ccccc1)C(F)F.[CH3-].[NH-]c1ccccc1-c1[c-]cccc1.[Pd]. The summed E-state index contributed by atoms with van der Waals surface area (Å²) in [7, 11) is -0.161. The summed E-state index contributed by atoms with van der Waals surface area (Å²) < 4.78 is 52.4. The van der Waals surface area contributed by atoms with Crippen LogP contribution in [0.1, 0.15) is 139 Å². The maximum absolute atomic E-state index is 13.9. The standard InChI is InChI=1S/C16H31P.C14H10F2O.C12H9N.C8H6F2O.C6H5Br.2C2H6.CH3.Pd/c1-16(2,3)17(14-10-6-4-7-11-14)15-12-8-5-9-13-15;15-14(16,12-9-5-2-6-10-12)13(17)11-7-3-1-4-8-11;13-12-9-5-4-8-11(12)10-6-2-1-3-7-10;9-8(10)7(11)6-4-2-1-3-5-6;7-6-4-2-1-3-5-6;2*1-2;;/h14-15H,4-13H2,1-3H3;1-10H;1-6,8-9,13H;1-5,8H;1-5H;2*1-2H3;1H3;/q;;-2;;;;;-1;/p+1. The topological polar surface area (TPSA) is 57.9 Å². The Morgan fingerprint density at radius 2 is 0.986 bits per heavy atom. The second-order valence-electron chi connectivity index (χ2n) is 17.2. The number of carbonyl (C=O) groups is 2. The van der Waals surface area contributed by atoms with Crippen LogP contribution in [0, 0.1) is 13.5 Å². The molecule has 0 saturated heterocycles. The van der Waals surface area contributed by atoms with E-state index in [0.29, 0.717) is 10.8 Å². The molecule has 2 aliphatic rings. The van der Waals surface area contributed by atoms with E-state index in [1.807, 2.05) is 100 Å². The molecule has 0 aromatic heterocycles. The Kier molecular flexibility index (Phi) is 35.2. The monoisotopic (exact) mass is 1150 g/mol. The van der Waals surface area contributed by atoms with Crippen molar-refractivity contribution in [3.05, 3.63) is 210 Å². The predicted octanol–water partition coefficient (Wildman–Crippen LogP) is 20.2. The zero-order valence-electron chi connectivity index (χ0n) is 43.0. The van der Waals surface area contributed by atoms with Gasteiger partial charge in [-0.15, -0.1) is 41.5 Å². The van der Waals surface area contributed by atoms with E-state index >= 15 is 0 Å². The quantitative estimate of drug-likeness (QED) is 0.0501. The van der Waals surface area contributed by atoms with E-state index in [1.165, 1.54) is 87.1 Å². The van der Waals surface area contributed by atoms with Gasteiger partial charge in [-0.1, -0.05) is 190 Å². The van der Waals surface area contributed by atoms with Crippen molar-refractivity contribution >= 4 is 41.1 Å². The summed E-state index contributed by atoms with van der Waals surface area (Å²) in [6.45, 7) is 15.6. The van der Waals surface area contributed by atoms with E-state index in [-0.39, 0.29) is 52.5 Å². The Bertz CT molecular complexity index is 2220. The van der Waals surface area contributed by atoms with Gasteiger partial charge in [0.15, 0.2) is 0 Å². The zero-order chi connectivity index (χ0) is 51.1. The molecule has 0 radical (unpaired) electrons. The van der Waals surface area contributed by atoms with Crippen molar-refractivity contribution in [3.8, 4) is 11.1 Å². The molecule has 0 amide bonds. The first-order valence-corrected chi connectivity index (χ1v) is 26.9. The van der Waals surface area contributed by atoms with Gasteiger partial charge in [0, 0.05) is 49.5 Å². The van der Waals surface area contributed by atoms with Crippen LogP contribution in [0.15, 0.2) is 174 Å². The van der Waals surface area contributed by atoms with Crippen molar-refractivity contribution < 1.29 is 47.6 Å². The molecule has 0 unspecified atom stereocenters. The Hall–Kier alpha value is -4.25. The van der Waals surface area contributed by atoms with Crippen LogP contribution >= 0.6 is 23.9 Å². The van der Waals surface area contributed by atoms with Gasteiger partial charge in [-0.05, 0) is 84.3 Å². The average Bonchev–Trinajstić information content (AvgIpc) is 3.39. The number of rotatable bonds is 8. The molecule has 6 aromatic carbocycles. The molecule has 0 bridgehead atoms. The van der Waals surface area contributed by atoms with Crippen molar-refractivity contribution in [2.24, 2.45) is 0 Å². The Labute approximate surface area is 448 Å². The van der Waals surface area contributed by atoms with Crippen molar-refractivity contribution in [1.29, 1.82) is 0 Å².